The van der Waals surface area contributed by atoms with Crippen LogP contribution in [0.2, 0.25) is 0 Å². The van der Waals surface area contributed by atoms with Crippen LogP contribution in [0.3, 0.4) is 0 Å². The van der Waals surface area contributed by atoms with Gasteiger partial charge in [-0.15, -0.1) is 0 Å². The molecule has 0 aromatic rings. The Morgan fingerprint density at radius 1 is 1.40 bits per heavy atom. The van der Waals surface area contributed by atoms with E-state index in [9.17, 15) is 9.18 Å². The number of hydrogen-bond donors (Lipinski definition) is 1. The molecule has 0 spiro atoms. The van der Waals surface area contributed by atoms with E-state index in [2.05, 4.69) is 5.32 Å². The minimum absolute atomic E-state index is 0.0974. The fourth-order valence-electron chi connectivity index (χ4n) is 2.55. The Labute approximate surface area is 119 Å². The standard InChI is InChI=1S/C14H25FN2O3/c1-14(2,3)20-13(18)17-6-4-12(11(15)8-17)16-10-5-7-19-9-10/h10-12,16H,4-9H2,1-3H3/t10?,11-,12+/m0/s1. The summed E-state index contributed by atoms with van der Waals surface area (Å²) in [5, 5.41) is 3.30. The molecule has 0 radical (unpaired) electrons. The van der Waals surface area contributed by atoms with Crippen LogP contribution in [-0.2, 0) is 9.47 Å². The Kier molecular flexibility index (Phi) is 4.86. The van der Waals surface area contributed by atoms with Crippen molar-refractivity contribution in [3.63, 3.8) is 0 Å². The monoisotopic (exact) mass is 288 g/mol. The molecule has 116 valence electrons. The Balaban J connectivity index is 1.80. The lowest BCUT2D eigenvalue weighted by molar-refractivity contribution is 0.00864. The normalized spacial score (nSPS) is 31.4. The lowest BCUT2D eigenvalue weighted by Crippen LogP contribution is -2.55. The second kappa shape index (κ2) is 6.26. The van der Waals surface area contributed by atoms with Crippen molar-refractivity contribution in [2.45, 2.75) is 57.5 Å². The predicted molar refractivity (Wildman–Crippen MR) is 73.5 cm³/mol. The molecule has 1 amide bonds. The van der Waals surface area contributed by atoms with Gasteiger partial charge in [0.05, 0.1) is 13.2 Å². The molecule has 2 rings (SSSR count). The van der Waals surface area contributed by atoms with Crippen LogP contribution in [0.4, 0.5) is 9.18 Å². The van der Waals surface area contributed by atoms with Gasteiger partial charge in [0.1, 0.15) is 11.8 Å². The molecular formula is C14H25FN2O3. The maximum Gasteiger partial charge on any atom is 0.410 e. The summed E-state index contributed by atoms with van der Waals surface area (Å²) in [7, 11) is 0. The van der Waals surface area contributed by atoms with E-state index in [1.54, 1.807) is 0 Å². The fraction of sp³-hybridized carbons (Fsp3) is 0.929. The first-order valence-corrected chi connectivity index (χ1v) is 7.31. The minimum Gasteiger partial charge on any atom is -0.444 e. The Morgan fingerprint density at radius 2 is 2.15 bits per heavy atom. The molecule has 0 aromatic carbocycles. The Morgan fingerprint density at radius 3 is 2.70 bits per heavy atom. The summed E-state index contributed by atoms with van der Waals surface area (Å²) >= 11 is 0. The quantitative estimate of drug-likeness (QED) is 0.840. The summed E-state index contributed by atoms with van der Waals surface area (Å²) in [6, 6.07) is 0.0479. The molecule has 0 aliphatic carbocycles. The molecule has 20 heavy (non-hydrogen) atoms. The highest BCUT2D eigenvalue weighted by Crippen LogP contribution is 2.19. The molecule has 0 bridgehead atoms. The van der Waals surface area contributed by atoms with Crippen LogP contribution in [-0.4, -0.2) is 61.2 Å². The van der Waals surface area contributed by atoms with Crippen molar-refractivity contribution in [3.05, 3.63) is 0 Å². The van der Waals surface area contributed by atoms with E-state index in [4.69, 9.17) is 9.47 Å². The molecule has 0 saturated carbocycles. The van der Waals surface area contributed by atoms with Crippen molar-refractivity contribution in [1.82, 2.24) is 10.2 Å². The van der Waals surface area contributed by atoms with Crippen LogP contribution in [0.15, 0.2) is 0 Å². The van der Waals surface area contributed by atoms with Crippen molar-refractivity contribution >= 4 is 6.09 Å². The number of rotatable bonds is 2. The molecule has 2 heterocycles. The average molecular weight is 288 g/mol. The molecule has 0 aromatic heterocycles. The van der Waals surface area contributed by atoms with E-state index in [1.807, 2.05) is 20.8 Å². The van der Waals surface area contributed by atoms with Crippen LogP contribution in [0.5, 0.6) is 0 Å². The number of piperidine rings is 1. The van der Waals surface area contributed by atoms with Gasteiger partial charge in [0.15, 0.2) is 0 Å². The van der Waals surface area contributed by atoms with Gasteiger partial charge in [-0.1, -0.05) is 0 Å². The molecule has 2 aliphatic heterocycles. The third-order valence-corrected chi connectivity index (χ3v) is 3.57. The predicted octanol–water partition coefficient (Wildman–Crippen LogP) is 1.71. The second-order valence-electron chi connectivity index (χ2n) is 6.56. The summed E-state index contributed by atoms with van der Waals surface area (Å²) in [6.07, 6.45) is 0.0512. The molecule has 2 aliphatic rings. The number of hydrogen-bond acceptors (Lipinski definition) is 4. The van der Waals surface area contributed by atoms with Gasteiger partial charge < -0.3 is 19.7 Å². The lowest BCUT2D eigenvalue weighted by Gasteiger charge is -2.36. The first-order valence-electron chi connectivity index (χ1n) is 7.31. The van der Waals surface area contributed by atoms with Gasteiger partial charge in [0.2, 0.25) is 0 Å². The van der Waals surface area contributed by atoms with E-state index in [0.29, 0.717) is 19.6 Å². The Hall–Kier alpha value is -0.880. The van der Waals surface area contributed by atoms with Crippen LogP contribution in [0, 0.1) is 0 Å². The van der Waals surface area contributed by atoms with E-state index >= 15 is 0 Å². The molecular weight excluding hydrogens is 263 g/mol. The number of nitrogens with one attached hydrogen (secondary N) is 1. The molecule has 3 atom stereocenters. The first-order chi connectivity index (χ1) is 9.35. The SMILES string of the molecule is CC(C)(C)OC(=O)N1CC[C@@H](NC2CCOC2)[C@@H](F)C1. The largest absolute Gasteiger partial charge is 0.444 e. The van der Waals surface area contributed by atoms with Gasteiger partial charge in [-0.2, -0.15) is 0 Å². The number of carbonyl (C=O) groups is 1. The first kappa shape index (κ1) is 15.5. The zero-order chi connectivity index (χ0) is 14.8. The van der Waals surface area contributed by atoms with Crippen LogP contribution in [0.1, 0.15) is 33.6 Å². The number of ether oxygens (including phenoxy) is 2. The Bertz CT molecular complexity index is 340. The summed E-state index contributed by atoms with van der Waals surface area (Å²) < 4.78 is 24.7. The van der Waals surface area contributed by atoms with E-state index in [1.165, 1.54) is 4.90 Å². The number of nitrogens with zero attached hydrogens (tertiary/aromatic N) is 1. The molecule has 2 fully saturated rings. The third-order valence-electron chi connectivity index (χ3n) is 3.57. The topological polar surface area (TPSA) is 50.8 Å². The van der Waals surface area contributed by atoms with E-state index < -0.39 is 17.9 Å². The highest BCUT2D eigenvalue weighted by Gasteiger charge is 2.34. The third kappa shape index (κ3) is 4.31. The van der Waals surface area contributed by atoms with Crippen molar-refractivity contribution in [3.8, 4) is 0 Å². The number of alkyl halides is 1. The van der Waals surface area contributed by atoms with Crippen molar-refractivity contribution < 1.29 is 18.7 Å². The van der Waals surface area contributed by atoms with Crippen molar-refractivity contribution in [1.29, 1.82) is 0 Å². The molecule has 1 N–H and O–H groups in total. The summed E-state index contributed by atoms with van der Waals surface area (Å²) in [6.45, 7) is 7.45. The van der Waals surface area contributed by atoms with E-state index in [0.717, 1.165) is 13.0 Å². The summed E-state index contributed by atoms with van der Waals surface area (Å²) in [5.74, 6) is 0. The van der Waals surface area contributed by atoms with E-state index in [-0.39, 0.29) is 18.6 Å². The van der Waals surface area contributed by atoms with Gasteiger partial charge in [0.25, 0.3) is 0 Å². The maximum atomic E-state index is 14.2. The smallest absolute Gasteiger partial charge is 0.410 e. The highest BCUT2D eigenvalue weighted by atomic mass is 19.1. The van der Waals surface area contributed by atoms with Gasteiger partial charge in [0, 0.05) is 25.2 Å². The van der Waals surface area contributed by atoms with Crippen molar-refractivity contribution in [2.75, 3.05) is 26.3 Å². The lowest BCUT2D eigenvalue weighted by atomic mass is 10.0. The molecule has 5 nitrogen and oxygen atoms in total. The van der Waals surface area contributed by atoms with Crippen LogP contribution < -0.4 is 5.32 Å². The number of likely N-dealkylation sites (tertiary alicyclic amines) is 1. The van der Waals surface area contributed by atoms with Gasteiger partial charge in [-0.25, -0.2) is 9.18 Å². The average Bonchev–Trinajstić information content (AvgIpc) is 2.82. The number of carbonyl (C=O) groups excluding carboxylic acids is 1. The van der Waals surface area contributed by atoms with Crippen LogP contribution >= 0.6 is 0 Å². The van der Waals surface area contributed by atoms with Gasteiger partial charge in [-0.05, 0) is 33.6 Å². The molecule has 6 heteroatoms. The highest BCUT2D eigenvalue weighted by molar-refractivity contribution is 5.68. The van der Waals surface area contributed by atoms with Gasteiger partial charge >= 0.3 is 6.09 Å². The maximum absolute atomic E-state index is 14.2. The summed E-state index contributed by atoms with van der Waals surface area (Å²) in [5.41, 5.74) is -0.542. The minimum atomic E-state index is -1.06. The van der Waals surface area contributed by atoms with Crippen LogP contribution in [0.25, 0.3) is 0 Å². The van der Waals surface area contributed by atoms with Gasteiger partial charge in [-0.3, -0.25) is 0 Å². The number of amides is 1. The fourth-order valence-corrected chi connectivity index (χ4v) is 2.55. The number of halogens is 1. The second-order valence-corrected chi connectivity index (χ2v) is 6.56. The zero-order valence-corrected chi connectivity index (χ0v) is 12.5. The molecule has 2 saturated heterocycles. The molecule has 1 unspecified atom stereocenters. The van der Waals surface area contributed by atoms with Crippen molar-refractivity contribution in [2.24, 2.45) is 0 Å². The zero-order valence-electron chi connectivity index (χ0n) is 12.5. The summed E-state index contributed by atoms with van der Waals surface area (Å²) in [4.78, 5) is 13.4.